The summed E-state index contributed by atoms with van der Waals surface area (Å²) in [5, 5.41) is 7.44. The molecule has 20 heavy (non-hydrogen) atoms. The van der Waals surface area contributed by atoms with E-state index in [1.807, 2.05) is 0 Å². The second-order valence-electron chi connectivity index (χ2n) is 3.98. The van der Waals surface area contributed by atoms with E-state index in [1.54, 1.807) is 19.2 Å². The van der Waals surface area contributed by atoms with Gasteiger partial charge < -0.3 is 14.2 Å². The van der Waals surface area contributed by atoms with Crippen molar-refractivity contribution in [3.63, 3.8) is 0 Å². The molecule has 2 aromatic rings. The molecule has 0 amide bonds. The van der Waals surface area contributed by atoms with E-state index in [1.165, 1.54) is 32.2 Å². The average Bonchev–Trinajstić information content (AvgIpc) is 2.91. The molecule has 7 nitrogen and oxygen atoms in total. The van der Waals surface area contributed by atoms with Gasteiger partial charge in [-0.2, -0.15) is 0 Å². The lowest BCUT2D eigenvalue weighted by atomic mass is 10.1. The monoisotopic (exact) mass is 277 g/mol. The summed E-state index contributed by atoms with van der Waals surface area (Å²) in [6, 6.07) is 3.18. The Labute approximate surface area is 116 Å². The summed E-state index contributed by atoms with van der Waals surface area (Å²) in [5.41, 5.74) is 0.714. The molecule has 0 unspecified atom stereocenters. The Morgan fingerprint density at radius 3 is 2.15 bits per heavy atom. The molecule has 7 heteroatoms. The van der Waals surface area contributed by atoms with Crippen molar-refractivity contribution in [2.24, 2.45) is 7.05 Å². The smallest absolute Gasteiger partial charge is 0.216 e. The number of rotatable bonds is 5. The van der Waals surface area contributed by atoms with Gasteiger partial charge in [-0.25, -0.2) is 4.68 Å². The van der Waals surface area contributed by atoms with Gasteiger partial charge in [0.15, 0.2) is 11.5 Å². The number of carbonyl (C=O) groups is 1. The van der Waals surface area contributed by atoms with Crippen LogP contribution in [0.25, 0.3) is 0 Å². The maximum absolute atomic E-state index is 12.5. The van der Waals surface area contributed by atoms with E-state index in [4.69, 9.17) is 14.2 Å². The van der Waals surface area contributed by atoms with Crippen LogP contribution in [0.3, 0.4) is 0 Å². The van der Waals surface area contributed by atoms with Gasteiger partial charge in [-0.05, 0) is 6.07 Å². The zero-order valence-corrected chi connectivity index (χ0v) is 11.7. The number of ether oxygens (including phenoxy) is 3. The quantitative estimate of drug-likeness (QED) is 0.761. The highest BCUT2D eigenvalue weighted by Gasteiger charge is 2.21. The molecular weight excluding hydrogens is 262 g/mol. The molecule has 1 aromatic heterocycles. The molecule has 0 bridgehead atoms. The lowest BCUT2D eigenvalue weighted by Gasteiger charge is -2.13. The molecule has 0 aliphatic heterocycles. The number of aromatic nitrogens is 3. The Kier molecular flexibility index (Phi) is 3.88. The van der Waals surface area contributed by atoms with E-state index in [0.717, 1.165) is 0 Å². The van der Waals surface area contributed by atoms with Gasteiger partial charge in [0.1, 0.15) is 11.4 Å². The summed E-state index contributed by atoms with van der Waals surface area (Å²) in [6.45, 7) is 0. The highest BCUT2D eigenvalue weighted by atomic mass is 16.5. The molecular formula is C13H15N3O4. The van der Waals surface area contributed by atoms with Gasteiger partial charge in [-0.3, -0.25) is 4.79 Å². The molecule has 0 saturated heterocycles. The Morgan fingerprint density at radius 1 is 1.05 bits per heavy atom. The number of benzene rings is 1. The summed E-state index contributed by atoms with van der Waals surface area (Å²) >= 11 is 0. The fourth-order valence-corrected chi connectivity index (χ4v) is 1.84. The lowest BCUT2D eigenvalue weighted by Crippen LogP contribution is -2.10. The maximum Gasteiger partial charge on any atom is 0.216 e. The Hall–Kier alpha value is -2.57. The standard InChI is InChI=1S/C13H15N3O4/c1-16-9(7-14-15-16)13(17)8-5-11(19-3)12(20-4)6-10(8)18-2/h5-7H,1-4H3. The molecule has 1 aromatic carbocycles. The van der Waals surface area contributed by atoms with Crippen LogP contribution in [0.2, 0.25) is 0 Å². The van der Waals surface area contributed by atoms with Crippen molar-refractivity contribution in [2.75, 3.05) is 21.3 Å². The van der Waals surface area contributed by atoms with Crippen LogP contribution in [0.15, 0.2) is 18.3 Å². The van der Waals surface area contributed by atoms with Gasteiger partial charge in [0, 0.05) is 13.1 Å². The molecule has 0 aliphatic carbocycles. The maximum atomic E-state index is 12.5. The highest BCUT2D eigenvalue weighted by Crippen LogP contribution is 2.35. The summed E-state index contributed by atoms with van der Waals surface area (Å²) in [4.78, 5) is 12.5. The summed E-state index contributed by atoms with van der Waals surface area (Å²) < 4.78 is 17.0. The zero-order valence-electron chi connectivity index (χ0n) is 11.7. The van der Waals surface area contributed by atoms with Crippen LogP contribution in [0.5, 0.6) is 17.2 Å². The number of ketones is 1. The van der Waals surface area contributed by atoms with Crippen LogP contribution in [0.1, 0.15) is 16.1 Å². The van der Waals surface area contributed by atoms with Gasteiger partial charge in [0.05, 0.1) is 33.1 Å². The van der Waals surface area contributed by atoms with Crippen molar-refractivity contribution in [3.8, 4) is 17.2 Å². The lowest BCUT2D eigenvalue weighted by molar-refractivity contribution is 0.102. The highest BCUT2D eigenvalue weighted by molar-refractivity contribution is 6.10. The minimum absolute atomic E-state index is 0.254. The first-order valence-corrected chi connectivity index (χ1v) is 5.81. The third-order valence-electron chi connectivity index (χ3n) is 2.90. The van der Waals surface area contributed by atoms with Crippen LogP contribution < -0.4 is 14.2 Å². The molecule has 0 aliphatic rings. The summed E-state index contributed by atoms with van der Waals surface area (Å²) in [7, 11) is 6.15. The molecule has 0 fully saturated rings. The number of carbonyl (C=O) groups excluding carboxylic acids is 1. The van der Waals surface area contributed by atoms with E-state index >= 15 is 0 Å². The Morgan fingerprint density at radius 2 is 1.65 bits per heavy atom. The zero-order chi connectivity index (χ0) is 14.7. The minimum atomic E-state index is -0.254. The van der Waals surface area contributed by atoms with Crippen molar-refractivity contribution < 1.29 is 19.0 Å². The second kappa shape index (κ2) is 5.60. The first-order valence-electron chi connectivity index (χ1n) is 5.81. The molecule has 0 radical (unpaired) electrons. The van der Waals surface area contributed by atoms with E-state index in [2.05, 4.69) is 10.3 Å². The molecule has 106 valence electrons. The van der Waals surface area contributed by atoms with Gasteiger partial charge >= 0.3 is 0 Å². The van der Waals surface area contributed by atoms with Gasteiger partial charge in [-0.15, -0.1) is 5.10 Å². The van der Waals surface area contributed by atoms with Crippen LogP contribution in [0.4, 0.5) is 0 Å². The first kappa shape index (κ1) is 13.9. The second-order valence-corrected chi connectivity index (χ2v) is 3.98. The molecule has 0 saturated carbocycles. The summed E-state index contributed by atoms with van der Waals surface area (Å²) in [6.07, 6.45) is 1.40. The van der Waals surface area contributed by atoms with Gasteiger partial charge in [-0.1, -0.05) is 5.21 Å². The van der Waals surface area contributed by atoms with E-state index in [-0.39, 0.29) is 5.78 Å². The van der Waals surface area contributed by atoms with E-state index < -0.39 is 0 Å². The third kappa shape index (κ3) is 2.29. The fourth-order valence-electron chi connectivity index (χ4n) is 1.84. The predicted molar refractivity (Wildman–Crippen MR) is 70.5 cm³/mol. The molecule has 0 N–H and O–H groups in total. The van der Waals surface area contributed by atoms with Crippen LogP contribution in [0, 0.1) is 0 Å². The van der Waals surface area contributed by atoms with Crippen molar-refractivity contribution in [3.05, 3.63) is 29.6 Å². The van der Waals surface area contributed by atoms with E-state index in [9.17, 15) is 4.79 Å². The summed E-state index contributed by atoms with van der Waals surface area (Å²) in [5.74, 6) is 1.08. The van der Waals surface area contributed by atoms with Crippen LogP contribution in [-0.4, -0.2) is 42.1 Å². The number of aryl methyl sites for hydroxylation is 1. The predicted octanol–water partition coefficient (Wildman–Crippen LogP) is 1.07. The molecule has 1 heterocycles. The average molecular weight is 277 g/mol. The van der Waals surface area contributed by atoms with Gasteiger partial charge in [0.25, 0.3) is 0 Å². The molecule has 0 atom stereocenters. The molecule has 0 spiro atoms. The van der Waals surface area contributed by atoms with Crippen molar-refractivity contribution in [2.45, 2.75) is 0 Å². The molecule has 2 rings (SSSR count). The Balaban J connectivity index is 2.55. The third-order valence-corrected chi connectivity index (χ3v) is 2.90. The van der Waals surface area contributed by atoms with Crippen LogP contribution >= 0.6 is 0 Å². The van der Waals surface area contributed by atoms with Crippen LogP contribution in [-0.2, 0) is 7.05 Å². The normalized spacial score (nSPS) is 10.2. The van der Waals surface area contributed by atoms with Crippen molar-refractivity contribution in [1.29, 1.82) is 0 Å². The van der Waals surface area contributed by atoms with E-state index in [0.29, 0.717) is 28.5 Å². The Bertz CT molecular complexity index is 637. The fraction of sp³-hybridized carbons (Fsp3) is 0.308. The first-order chi connectivity index (χ1) is 9.62. The topological polar surface area (TPSA) is 75.5 Å². The number of methoxy groups -OCH3 is 3. The van der Waals surface area contributed by atoms with Gasteiger partial charge in [0.2, 0.25) is 5.78 Å². The van der Waals surface area contributed by atoms with Crippen molar-refractivity contribution >= 4 is 5.78 Å². The number of hydrogen-bond donors (Lipinski definition) is 0. The number of hydrogen-bond acceptors (Lipinski definition) is 6. The largest absolute Gasteiger partial charge is 0.496 e. The minimum Gasteiger partial charge on any atom is -0.496 e. The SMILES string of the molecule is COc1cc(OC)c(C(=O)c2cnnn2C)cc1OC. The number of nitrogens with zero attached hydrogens (tertiary/aromatic N) is 3. The van der Waals surface area contributed by atoms with Crippen molar-refractivity contribution in [1.82, 2.24) is 15.0 Å².